The van der Waals surface area contributed by atoms with Crippen molar-refractivity contribution in [3.63, 3.8) is 0 Å². The summed E-state index contributed by atoms with van der Waals surface area (Å²) >= 11 is 6.07. The number of amides is 3. The number of phenolic OH excluding ortho intramolecular Hbond substituents is 2. The lowest BCUT2D eigenvalue weighted by atomic mass is 9.87. The number of nitrogens with two attached hydrogens (primary N) is 1. The van der Waals surface area contributed by atoms with Gasteiger partial charge in [-0.05, 0) is 97.3 Å². The highest BCUT2D eigenvalue weighted by Gasteiger charge is 2.37. The van der Waals surface area contributed by atoms with Crippen LogP contribution in [0.1, 0.15) is 99.2 Å². The first-order chi connectivity index (χ1) is 31.5. The van der Waals surface area contributed by atoms with Crippen molar-refractivity contribution in [3.05, 3.63) is 107 Å². The van der Waals surface area contributed by atoms with Gasteiger partial charge in [-0.1, -0.05) is 80.4 Å². The number of halogens is 1. The van der Waals surface area contributed by atoms with E-state index < -0.39 is 59.3 Å². The molecule has 1 fully saturated rings. The van der Waals surface area contributed by atoms with Gasteiger partial charge in [0.05, 0.1) is 12.1 Å². The quantitative estimate of drug-likeness (QED) is 0.0687. The van der Waals surface area contributed by atoms with E-state index in [-0.39, 0.29) is 65.8 Å². The predicted octanol–water partition coefficient (Wildman–Crippen LogP) is 7.41. The van der Waals surface area contributed by atoms with Gasteiger partial charge in [-0.2, -0.15) is 0 Å². The fourth-order valence-corrected chi connectivity index (χ4v) is 9.25. The lowest BCUT2D eigenvalue weighted by Crippen LogP contribution is -2.47. The van der Waals surface area contributed by atoms with Crippen LogP contribution >= 0.6 is 11.6 Å². The Labute approximate surface area is 390 Å². The fraction of sp³-hybridized carbons (Fsp3) is 0.404. The average molecular weight is 920 g/mol. The van der Waals surface area contributed by atoms with Gasteiger partial charge in [0.2, 0.25) is 17.7 Å². The minimum atomic E-state index is -1.29. The van der Waals surface area contributed by atoms with Crippen molar-refractivity contribution in [3.8, 4) is 33.8 Å². The zero-order chi connectivity index (χ0) is 47.8. The molecule has 4 aromatic carbocycles. The maximum Gasteiger partial charge on any atom is 0.226 e. The van der Waals surface area contributed by atoms with Crippen LogP contribution in [0.25, 0.3) is 22.3 Å². The molecule has 0 spiro atoms. The molecule has 0 saturated heterocycles. The Bertz CT molecular complexity index is 2470. The molecule has 5 N–H and O–H groups in total. The molecule has 6 rings (SSSR count). The predicted molar refractivity (Wildman–Crippen MR) is 252 cm³/mol. The van der Waals surface area contributed by atoms with Gasteiger partial charge < -0.3 is 31.1 Å². The van der Waals surface area contributed by atoms with Crippen molar-refractivity contribution in [1.29, 1.82) is 0 Å². The molecule has 3 amide bonds. The smallest absolute Gasteiger partial charge is 0.226 e. The van der Waals surface area contributed by atoms with E-state index in [0.717, 1.165) is 11.1 Å². The number of carbonyl (C=O) groups is 7. The first-order valence-electron chi connectivity index (χ1n) is 22.6. The summed E-state index contributed by atoms with van der Waals surface area (Å²) in [5, 5.41) is 25.8. The number of nitrogens with zero attached hydrogens (tertiary/aromatic N) is 2. The highest BCUT2D eigenvalue weighted by Crippen LogP contribution is 2.40. The van der Waals surface area contributed by atoms with Crippen molar-refractivity contribution in [2.45, 2.75) is 96.2 Å². The lowest BCUT2D eigenvalue weighted by molar-refractivity contribution is -0.142. The number of carbonyl (C=O) groups excluding carboxylic acids is 7. The first kappa shape index (κ1) is 49.3. The Balaban J connectivity index is 1.29. The van der Waals surface area contributed by atoms with E-state index in [9.17, 15) is 43.8 Å². The number of aromatic hydroxyl groups is 2. The highest BCUT2D eigenvalue weighted by molar-refractivity contribution is 6.30. The van der Waals surface area contributed by atoms with E-state index in [1.165, 1.54) is 41.1 Å². The summed E-state index contributed by atoms with van der Waals surface area (Å²) in [4.78, 5) is 99.8. The van der Waals surface area contributed by atoms with Crippen molar-refractivity contribution < 1.29 is 43.8 Å². The molecule has 13 nitrogen and oxygen atoms in total. The van der Waals surface area contributed by atoms with Crippen molar-refractivity contribution in [1.82, 2.24) is 15.1 Å². The van der Waals surface area contributed by atoms with Gasteiger partial charge in [0.1, 0.15) is 17.5 Å². The van der Waals surface area contributed by atoms with E-state index >= 15 is 0 Å². The summed E-state index contributed by atoms with van der Waals surface area (Å²) in [7, 11) is 3.03. The summed E-state index contributed by atoms with van der Waals surface area (Å²) in [6.45, 7) is 3.53. The number of nitrogens with one attached hydrogen (secondary N) is 1. The van der Waals surface area contributed by atoms with Gasteiger partial charge in [0, 0.05) is 79.2 Å². The van der Waals surface area contributed by atoms with Crippen LogP contribution in [0.5, 0.6) is 11.5 Å². The zero-order valence-electron chi connectivity index (χ0n) is 37.9. The minimum absolute atomic E-state index is 0.0192. The Morgan fingerprint density at radius 3 is 2.06 bits per heavy atom. The van der Waals surface area contributed by atoms with Gasteiger partial charge in [-0.3, -0.25) is 33.6 Å². The van der Waals surface area contributed by atoms with Crippen LogP contribution in [0.4, 0.5) is 0 Å². The Hall–Kier alpha value is -6.18. The molecule has 348 valence electrons. The molecule has 1 heterocycles. The molecule has 0 unspecified atom stereocenters. The summed E-state index contributed by atoms with van der Waals surface area (Å²) in [6.07, 6.45) is 2.32. The molecular formula is C52H59ClN4O9. The first-order valence-corrected chi connectivity index (χ1v) is 23.0. The van der Waals surface area contributed by atoms with E-state index in [2.05, 4.69) is 5.32 Å². The molecule has 4 bridgehead atoms. The molecule has 1 aliphatic carbocycles. The maximum atomic E-state index is 14.7. The van der Waals surface area contributed by atoms with Crippen LogP contribution in [-0.2, 0) is 35.2 Å². The van der Waals surface area contributed by atoms with E-state index in [1.54, 1.807) is 57.3 Å². The van der Waals surface area contributed by atoms with Gasteiger partial charge in [-0.15, -0.1) is 0 Å². The molecular weight excluding hydrogens is 860 g/mol. The number of phenols is 2. The third-order valence-electron chi connectivity index (χ3n) is 13.0. The van der Waals surface area contributed by atoms with E-state index in [0.29, 0.717) is 66.8 Å². The fourth-order valence-electron chi connectivity index (χ4n) is 9.13. The van der Waals surface area contributed by atoms with Gasteiger partial charge in [0.15, 0.2) is 23.1 Å². The van der Waals surface area contributed by atoms with Crippen molar-refractivity contribution in [2.75, 3.05) is 20.6 Å². The molecule has 4 aromatic rings. The van der Waals surface area contributed by atoms with Gasteiger partial charge in [-0.25, -0.2) is 0 Å². The number of benzene rings is 4. The summed E-state index contributed by atoms with van der Waals surface area (Å²) in [6, 6.07) is 20.4. The maximum absolute atomic E-state index is 14.7. The van der Waals surface area contributed by atoms with Crippen LogP contribution in [0.2, 0.25) is 5.02 Å². The Kier molecular flexibility index (Phi) is 16.3. The van der Waals surface area contributed by atoms with Crippen LogP contribution in [-0.4, -0.2) is 93.6 Å². The minimum Gasteiger partial charge on any atom is -0.507 e. The Morgan fingerprint density at radius 1 is 0.788 bits per heavy atom. The second kappa shape index (κ2) is 21.9. The van der Waals surface area contributed by atoms with Gasteiger partial charge >= 0.3 is 0 Å². The molecule has 0 aromatic heterocycles. The van der Waals surface area contributed by atoms with Crippen LogP contribution < -0.4 is 11.1 Å². The van der Waals surface area contributed by atoms with Crippen molar-refractivity contribution in [2.24, 2.45) is 23.5 Å². The van der Waals surface area contributed by atoms with Crippen LogP contribution in [0.15, 0.2) is 84.9 Å². The van der Waals surface area contributed by atoms with Crippen molar-refractivity contribution >= 4 is 52.5 Å². The zero-order valence-corrected chi connectivity index (χ0v) is 38.7. The molecule has 2 aliphatic rings. The normalized spacial score (nSPS) is 19.6. The molecule has 14 heteroatoms. The average Bonchev–Trinajstić information content (AvgIpc) is 3.74. The lowest BCUT2D eigenvalue weighted by Gasteiger charge is -2.32. The number of hydrogen-bond donors (Lipinski definition) is 4. The van der Waals surface area contributed by atoms with Crippen LogP contribution in [0, 0.1) is 17.8 Å². The summed E-state index contributed by atoms with van der Waals surface area (Å²) in [5.41, 5.74) is 9.20. The third kappa shape index (κ3) is 11.6. The second-order valence-corrected chi connectivity index (χ2v) is 18.3. The third-order valence-corrected chi connectivity index (χ3v) is 13.3. The van der Waals surface area contributed by atoms with Crippen LogP contribution in [0.3, 0.4) is 0 Å². The number of likely N-dealkylation sites (N-methyl/N-ethyl adjacent to an activating group) is 2. The Morgan fingerprint density at radius 2 is 1.42 bits per heavy atom. The number of rotatable bonds is 15. The largest absolute Gasteiger partial charge is 0.507 e. The standard InChI is InChI=1S/C52H59ClN4O9/c1-30-24-48(63)49(57(4)52(66)37(8-5-6-23-54)29-46(61)35-14-12-33(13-15-35)34-16-19-38(53)20-17-34)36-18-22-44(59)40(28-36)39-26-32(11-21-43(39)58)27-41(55-50(30)64)47(62)25-31(2)51(65)56(3)42-9-7-10-45(42)60/h11-22,26,28,30-31,37,41-42,49,58-59H,5-10,23-25,27,29,54H2,1-4H3,(H,55,64)/t30-,31-,37-,41+,42-,49+/m1/s1. The van der Waals surface area contributed by atoms with E-state index in [4.69, 9.17) is 17.3 Å². The summed E-state index contributed by atoms with van der Waals surface area (Å²) < 4.78 is 0. The number of ketones is 4. The molecule has 1 aliphatic heterocycles. The molecule has 1 saturated carbocycles. The van der Waals surface area contributed by atoms with Gasteiger partial charge in [0.25, 0.3) is 0 Å². The number of hydrogen-bond acceptors (Lipinski definition) is 10. The monoisotopic (exact) mass is 918 g/mol. The molecule has 0 radical (unpaired) electrons. The molecule has 6 atom stereocenters. The second-order valence-electron chi connectivity index (χ2n) is 17.9. The number of unbranched alkanes of at least 4 members (excludes halogenated alkanes) is 1. The topological polar surface area (TPSA) is 204 Å². The number of Topliss-reactive ketones (excluding diaryl/α,β-unsaturated/α-hetero) is 4. The molecule has 66 heavy (non-hydrogen) atoms. The SMILES string of the molecule is C[C@@H]1CC(=O)[C@@H](N(C)C(=O)[C@H](CCCCN)CC(=O)c2ccc(-c3ccc(Cl)cc3)cc2)c2ccc(O)c(c2)-c2cc(ccc2O)C[C@@H](C(=O)C[C@@H](C)C(=O)N(C)[C@@H]2CCCC2=O)NC1=O. The summed E-state index contributed by atoms with van der Waals surface area (Å²) in [5.74, 6) is -5.76. The van der Waals surface area contributed by atoms with E-state index in [1.807, 2.05) is 24.3 Å². The highest BCUT2D eigenvalue weighted by atomic mass is 35.5. The number of fused-ring (bicyclic) bond motifs is 5.